The van der Waals surface area contributed by atoms with Gasteiger partial charge in [-0.3, -0.25) is 18.8 Å². The van der Waals surface area contributed by atoms with Crippen LogP contribution in [0.1, 0.15) is 30.0 Å². The van der Waals surface area contributed by atoms with E-state index in [0.717, 1.165) is 19.3 Å². The fraction of sp³-hybridized carbons (Fsp3) is 0.368. The van der Waals surface area contributed by atoms with Crippen molar-refractivity contribution in [3.8, 4) is 0 Å². The van der Waals surface area contributed by atoms with Gasteiger partial charge in [0.05, 0.1) is 12.2 Å². The van der Waals surface area contributed by atoms with Crippen molar-refractivity contribution in [3.63, 3.8) is 0 Å². The number of benzene rings is 1. The third-order valence-corrected chi connectivity index (χ3v) is 5.22. The first-order chi connectivity index (χ1) is 12.6. The van der Waals surface area contributed by atoms with E-state index in [2.05, 4.69) is 22.2 Å². The first-order valence-corrected chi connectivity index (χ1v) is 8.77. The van der Waals surface area contributed by atoms with Crippen LogP contribution in [0.3, 0.4) is 0 Å². The van der Waals surface area contributed by atoms with E-state index in [0.29, 0.717) is 11.0 Å². The van der Waals surface area contributed by atoms with E-state index in [4.69, 9.17) is 0 Å². The summed E-state index contributed by atoms with van der Waals surface area (Å²) in [6.45, 7) is -0.0220. The summed E-state index contributed by atoms with van der Waals surface area (Å²) in [6.07, 6.45) is 5.96. The topological polar surface area (TPSA) is 73.0 Å². The normalized spacial score (nSPS) is 16.5. The van der Waals surface area contributed by atoms with Gasteiger partial charge in [0.15, 0.2) is 5.65 Å². The van der Waals surface area contributed by atoms with E-state index in [9.17, 15) is 9.59 Å². The van der Waals surface area contributed by atoms with Crippen molar-refractivity contribution in [1.82, 2.24) is 24.2 Å². The van der Waals surface area contributed by atoms with Gasteiger partial charge in [0.1, 0.15) is 18.3 Å². The van der Waals surface area contributed by atoms with E-state index in [-0.39, 0.29) is 24.1 Å². The summed E-state index contributed by atoms with van der Waals surface area (Å²) >= 11 is 0. The number of amides is 1. The van der Waals surface area contributed by atoms with Gasteiger partial charge in [-0.2, -0.15) is 5.10 Å². The summed E-state index contributed by atoms with van der Waals surface area (Å²) in [4.78, 5) is 31.4. The summed E-state index contributed by atoms with van der Waals surface area (Å²) in [5.41, 5.74) is 2.80. The highest BCUT2D eigenvalue weighted by molar-refractivity contribution is 5.77. The van der Waals surface area contributed by atoms with Crippen molar-refractivity contribution >= 4 is 16.9 Å². The molecule has 4 rings (SSSR count). The van der Waals surface area contributed by atoms with Crippen LogP contribution >= 0.6 is 0 Å². The molecule has 1 aliphatic rings. The molecule has 0 spiro atoms. The Balaban J connectivity index is 1.59. The number of aryl methyl sites for hydroxylation is 2. The second kappa shape index (κ2) is 6.40. The van der Waals surface area contributed by atoms with Gasteiger partial charge in [0.2, 0.25) is 5.91 Å². The van der Waals surface area contributed by atoms with Crippen molar-refractivity contribution in [2.75, 3.05) is 7.05 Å². The average Bonchev–Trinajstić information content (AvgIpc) is 3.04. The molecular formula is C19H21N5O2. The molecule has 0 saturated heterocycles. The fourth-order valence-corrected chi connectivity index (χ4v) is 3.74. The molecular weight excluding hydrogens is 330 g/mol. The molecule has 134 valence electrons. The molecule has 3 aromatic rings. The lowest BCUT2D eigenvalue weighted by Gasteiger charge is -2.33. The highest BCUT2D eigenvalue weighted by Gasteiger charge is 2.26. The first-order valence-electron chi connectivity index (χ1n) is 8.77. The predicted octanol–water partition coefficient (Wildman–Crippen LogP) is 1.67. The van der Waals surface area contributed by atoms with E-state index >= 15 is 0 Å². The number of likely N-dealkylation sites (N-methyl/N-ethyl adjacent to an activating group) is 1. The summed E-state index contributed by atoms with van der Waals surface area (Å²) < 4.78 is 2.91. The molecule has 1 amide bonds. The monoisotopic (exact) mass is 351 g/mol. The molecule has 0 radical (unpaired) electrons. The van der Waals surface area contributed by atoms with Crippen LogP contribution in [-0.2, 0) is 24.8 Å². The zero-order valence-electron chi connectivity index (χ0n) is 14.9. The van der Waals surface area contributed by atoms with Crippen LogP contribution in [0.25, 0.3) is 11.0 Å². The Morgan fingerprint density at radius 2 is 2.15 bits per heavy atom. The van der Waals surface area contributed by atoms with Gasteiger partial charge in [-0.25, -0.2) is 4.98 Å². The minimum atomic E-state index is -0.242. The maximum absolute atomic E-state index is 12.8. The lowest BCUT2D eigenvalue weighted by atomic mass is 9.87. The molecule has 0 N–H and O–H groups in total. The van der Waals surface area contributed by atoms with Gasteiger partial charge < -0.3 is 4.90 Å². The van der Waals surface area contributed by atoms with Gasteiger partial charge in [0, 0.05) is 14.1 Å². The smallest absolute Gasteiger partial charge is 0.264 e. The van der Waals surface area contributed by atoms with E-state index in [1.165, 1.54) is 28.2 Å². The van der Waals surface area contributed by atoms with Crippen molar-refractivity contribution in [3.05, 3.63) is 58.3 Å². The summed E-state index contributed by atoms with van der Waals surface area (Å²) in [5, 5.41) is 4.48. The number of nitrogens with zero attached hydrogens (tertiary/aromatic N) is 5. The third-order valence-electron chi connectivity index (χ3n) is 5.22. The highest BCUT2D eigenvalue weighted by atomic mass is 16.2. The van der Waals surface area contributed by atoms with E-state index in [1.807, 2.05) is 19.2 Å². The van der Waals surface area contributed by atoms with Crippen molar-refractivity contribution in [2.24, 2.45) is 7.05 Å². The molecule has 1 unspecified atom stereocenters. The molecule has 2 aromatic heterocycles. The Morgan fingerprint density at radius 1 is 1.35 bits per heavy atom. The van der Waals surface area contributed by atoms with Crippen LogP contribution in [-0.4, -0.2) is 37.2 Å². The van der Waals surface area contributed by atoms with Gasteiger partial charge in [0.25, 0.3) is 5.56 Å². The highest BCUT2D eigenvalue weighted by Crippen LogP contribution is 2.33. The summed E-state index contributed by atoms with van der Waals surface area (Å²) in [7, 11) is 3.55. The lowest BCUT2D eigenvalue weighted by molar-refractivity contribution is -0.133. The lowest BCUT2D eigenvalue weighted by Crippen LogP contribution is -2.37. The van der Waals surface area contributed by atoms with Crippen LogP contribution in [0.15, 0.2) is 41.6 Å². The first kappa shape index (κ1) is 16.5. The molecule has 1 atom stereocenters. The molecule has 0 fully saturated rings. The van der Waals surface area contributed by atoms with Crippen LogP contribution in [0.5, 0.6) is 0 Å². The Morgan fingerprint density at radius 3 is 3.00 bits per heavy atom. The van der Waals surface area contributed by atoms with Crippen LogP contribution in [0, 0.1) is 0 Å². The van der Waals surface area contributed by atoms with Gasteiger partial charge in [-0.05, 0) is 30.4 Å². The average molecular weight is 351 g/mol. The SMILES string of the molecule is CN(C(=O)Cn1cnc2c(cnn2C)c1=O)C1CCCc2ccccc21. The second-order valence-corrected chi connectivity index (χ2v) is 6.79. The number of fused-ring (bicyclic) bond motifs is 2. The molecule has 7 nitrogen and oxygen atoms in total. The number of hydrogen-bond acceptors (Lipinski definition) is 4. The van der Waals surface area contributed by atoms with E-state index < -0.39 is 0 Å². The Kier molecular flexibility index (Phi) is 4.06. The number of hydrogen-bond donors (Lipinski definition) is 0. The molecule has 26 heavy (non-hydrogen) atoms. The zero-order chi connectivity index (χ0) is 18.3. The van der Waals surface area contributed by atoms with Gasteiger partial charge >= 0.3 is 0 Å². The van der Waals surface area contributed by atoms with Gasteiger partial charge in [-0.15, -0.1) is 0 Å². The van der Waals surface area contributed by atoms with Crippen LogP contribution in [0.4, 0.5) is 0 Å². The van der Waals surface area contributed by atoms with Crippen molar-refractivity contribution in [2.45, 2.75) is 31.8 Å². The molecule has 0 saturated carbocycles. The summed E-state index contributed by atoms with van der Waals surface area (Å²) in [5.74, 6) is -0.0983. The fourth-order valence-electron chi connectivity index (χ4n) is 3.74. The summed E-state index contributed by atoms with van der Waals surface area (Å²) in [6, 6.07) is 8.33. The van der Waals surface area contributed by atoms with Crippen LogP contribution in [0.2, 0.25) is 0 Å². The molecule has 0 aliphatic heterocycles. The van der Waals surface area contributed by atoms with Crippen molar-refractivity contribution < 1.29 is 4.79 Å². The quantitative estimate of drug-likeness (QED) is 0.719. The second-order valence-electron chi connectivity index (χ2n) is 6.79. The number of carbonyl (C=O) groups excluding carboxylic acids is 1. The predicted molar refractivity (Wildman–Crippen MR) is 97.7 cm³/mol. The maximum atomic E-state index is 12.8. The Bertz CT molecular complexity index is 1040. The number of aromatic nitrogens is 4. The minimum Gasteiger partial charge on any atom is -0.337 e. The molecule has 0 bridgehead atoms. The third kappa shape index (κ3) is 2.69. The van der Waals surface area contributed by atoms with Gasteiger partial charge in [-0.1, -0.05) is 24.3 Å². The van der Waals surface area contributed by atoms with Crippen molar-refractivity contribution in [1.29, 1.82) is 0 Å². The standard InChI is InChI=1S/C19H21N5O2/c1-22(16-9-5-7-13-6-3-4-8-14(13)16)17(25)11-24-12-20-18-15(19(24)26)10-21-23(18)2/h3-4,6,8,10,12,16H,5,7,9,11H2,1-2H3. The number of carbonyl (C=O) groups is 1. The molecule has 1 aromatic carbocycles. The van der Waals surface area contributed by atoms with E-state index in [1.54, 1.807) is 16.6 Å². The number of rotatable bonds is 3. The maximum Gasteiger partial charge on any atom is 0.264 e. The van der Waals surface area contributed by atoms with Crippen LogP contribution < -0.4 is 5.56 Å². The minimum absolute atomic E-state index is 0.0220. The largest absolute Gasteiger partial charge is 0.337 e. The Hall–Kier alpha value is -2.96. The Labute approximate surface area is 150 Å². The molecule has 1 aliphatic carbocycles. The molecule has 7 heteroatoms. The molecule has 2 heterocycles. The zero-order valence-corrected chi connectivity index (χ0v) is 14.9.